The van der Waals surface area contributed by atoms with Crippen LogP contribution in [-0.4, -0.2) is 20.5 Å². The highest BCUT2D eigenvalue weighted by Crippen LogP contribution is 2.27. The van der Waals surface area contributed by atoms with Gasteiger partial charge < -0.3 is 5.11 Å². The molecular formula is C18H18N2O2. The summed E-state index contributed by atoms with van der Waals surface area (Å²) < 4.78 is 1.69. The first-order valence-electron chi connectivity index (χ1n) is 7.30. The number of imidazole rings is 1. The van der Waals surface area contributed by atoms with Gasteiger partial charge in [0, 0.05) is 11.3 Å². The first-order valence-corrected chi connectivity index (χ1v) is 7.30. The molecule has 0 amide bonds. The molecule has 0 atom stereocenters. The highest BCUT2D eigenvalue weighted by atomic mass is 16.4. The minimum absolute atomic E-state index is 0.213. The Labute approximate surface area is 129 Å². The molecule has 0 radical (unpaired) electrons. The highest BCUT2D eigenvalue weighted by Gasteiger charge is 2.20. The molecule has 1 aromatic carbocycles. The van der Waals surface area contributed by atoms with Crippen LogP contribution in [-0.2, 0) is 0 Å². The molecular weight excluding hydrogens is 276 g/mol. The Morgan fingerprint density at radius 1 is 1.14 bits per heavy atom. The molecule has 2 aromatic heterocycles. The Balaban J connectivity index is 2.24. The number of aromatic nitrogens is 2. The van der Waals surface area contributed by atoms with E-state index in [9.17, 15) is 9.90 Å². The van der Waals surface area contributed by atoms with Gasteiger partial charge in [0.25, 0.3) is 0 Å². The number of pyridine rings is 1. The number of hydrogen-bond acceptors (Lipinski definition) is 2. The lowest BCUT2D eigenvalue weighted by molar-refractivity contribution is 0.0690. The minimum Gasteiger partial charge on any atom is -0.476 e. The number of aryl methyl sites for hydroxylation is 1. The molecule has 0 saturated heterocycles. The van der Waals surface area contributed by atoms with Gasteiger partial charge in [0.05, 0.1) is 0 Å². The van der Waals surface area contributed by atoms with E-state index in [0.717, 1.165) is 11.3 Å². The van der Waals surface area contributed by atoms with Crippen molar-refractivity contribution in [2.75, 3.05) is 0 Å². The predicted octanol–water partition coefficient (Wildman–Crippen LogP) is 4.13. The predicted molar refractivity (Wildman–Crippen MR) is 86.4 cm³/mol. The number of nitrogens with zero attached hydrogens (tertiary/aromatic N) is 2. The SMILES string of the molecule is Cc1cccc2nc(-c3ccc(C(C)C)cc3)c(C(=O)O)n12. The average molecular weight is 294 g/mol. The van der Waals surface area contributed by atoms with Crippen molar-refractivity contribution in [3.63, 3.8) is 0 Å². The van der Waals surface area contributed by atoms with Gasteiger partial charge in [0.2, 0.25) is 0 Å². The molecule has 0 aliphatic heterocycles. The van der Waals surface area contributed by atoms with Crippen molar-refractivity contribution in [3.05, 3.63) is 59.4 Å². The molecule has 0 unspecified atom stereocenters. The van der Waals surface area contributed by atoms with Gasteiger partial charge >= 0.3 is 5.97 Å². The summed E-state index contributed by atoms with van der Waals surface area (Å²) in [5, 5.41) is 9.62. The first-order chi connectivity index (χ1) is 10.5. The number of carbonyl (C=O) groups is 1. The highest BCUT2D eigenvalue weighted by molar-refractivity contribution is 5.94. The summed E-state index contributed by atoms with van der Waals surface area (Å²) in [5.74, 6) is -0.527. The van der Waals surface area contributed by atoms with Crippen LogP contribution in [0.25, 0.3) is 16.9 Å². The van der Waals surface area contributed by atoms with Gasteiger partial charge in [-0.05, 0) is 30.5 Å². The molecule has 0 fully saturated rings. The number of carboxylic acid groups (broad SMARTS) is 1. The molecule has 0 spiro atoms. The van der Waals surface area contributed by atoms with E-state index in [1.54, 1.807) is 4.40 Å². The second kappa shape index (κ2) is 5.30. The van der Waals surface area contributed by atoms with Crippen molar-refractivity contribution in [2.24, 2.45) is 0 Å². The smallest absolute Gasteiger partial charge is 0.355 e. The second-order valence-electron chi connectivity index (χ2n) is 5.75. The summed E-state index contributed by atoms with van der Waals surface area (Å²) in [5.41, 5.74) is 4.28. The standard InChI is InChI=1S/C18H18N2O2/c1-11(2)13-7-9-14(10-8-13)16-17(18(21)22)20-12(3)5-4-6-15(20)19-16/h4-11H,1-3H3,(H,21,22). The van der Waals surface area contributed by atoms with Crippen LogP contribution in [0.1, 0.15) is 41.5 Å². The Hall–Kier alpha value is -2.62. The third kappa shape index (κ3) is 2.26. The number of carboxylic acids is 1. The lowest BCUT2D eigenvalue weighted by atomic mass is 10.0. The summed E-state index contributed by atoms with van der Waals surface area (Å²) in [6.07, 6.45) is 0. The number of aromatic carboxylic acids is 1. The van der Waals surface area contributed by atoms with Gasteiger partial charge in [-0.1, -0.05) is 44.2 Å². The molecule has 0 aliphatic carbocycles. The molecule has 0 saturated carbocycles. The normalized spacial score (nSPS) is 11.3. The van der Waals surface area contributed by atoms with E-state index < -0.39 is 5.97 Å². The maximum Gasteiger partial charge on any atom is 0.355 e. The van der Waals surface area contributed by atoms with Gasteiger partial charge in [-0.15, -0.1) is 0 Å². The fourth-order valence-electron chi connectivity index (χ4n) is 2.68. The fraction of sp³-hybridized carbons (Fsp3) is 0.222. The van der Waals surface area contributed by atoms with Gasteiger partial charge in [0.15, 0.2) is 5.69 Å². The van der Waals surface area contributed by atoms with Crippen molar-refractivity contribution in [3.8, 4) is 11.3 Å². The second-order valence-corrected chi connectivity index (χ2v) is 5.75. The van der Waals surface area contributed by atoms with E-state index in [1.807, 2.05) is 49.4 Å². The zero-order chi connectivity index (χ0) is 15.9. The molecule has 3 aromatic rings. The van der Waals surface area contributed by atoms with E-state index in [2.05, 4.69) is 18.8 Å². The van der Waals surface area contributed by atoms with E-state index in [1.165, 1.54) is 5.56 Å². The average Bonchev–Trinajstić information content (AvgIpc) is 2.88. The molecule has 0 bridgehead atoms. The quantitative estimate of drug-likeness (QED) is 0.790. The first kappa shape index (κ1) is 14.3. The molecule has 112 valence electrons. The summed E-state index contributed by atoms with van der Waals surface area (Å²) in [4.78, 5) is 16.3. The zero-order valence-electron chi connectivity index (χ0n) is 12.9. The van der Waals surface area contributed by atoms with Crippen LogP contribution >= 0.6 is 0 Å². The Morgan fingerprint density at radius 3 is 2.41 bits per heavy atom. The summed E-state index contributed by atoms with van der Waals surface area (Å²) in [6, 6.07) is 13.5. The monoisotopic (exact) mass is 294 g/mol. The number of hydrogen-bond donors (Lipinski definition) is 1. The zero-order valence-corrected chi connectivity index (χ0v) is 12.9. The van der Waals surface area contributed by atoms with Crippen molar-refractivity contribution >= 4 is 11.6 Å². The van der Waals surface area contributed by atoms with Crippen molar-refractivity contribution < 1.29 is 9.90 Å². The fourth-order valence-corrected chi connectivity index (χ4v) is 2.68. The van der Waals surface area contributed by atoms with E-state index in [4.69, 9.17) is 0 Å². The third-order valence-electron chi connectivity index (χ3n) is 3.89. The van der Waals surface area contributed by atoms with Gasteiger partial charge in [-0.3, -0.25) is 4.40 Å². The number of fused-ring (bicyclic) bond motifs is 1. The summed E-state index contributed by atoms with van der Waals surface area (Å²) in [7, 11) is 0. The number of rotatable bonds is 3. The van der Waals surface area contributed by atoms with Crippen LogP contribution in [0.2, 0.25) is 0 Å². The Bertz CT molecular complexity index is 845. The van der Waals surface area contributed by atoms with E-state index in [-0.39, 0.29) is 5.69 Å². The van der Waals surface area contributed by atoms with Crippen molar-refractivity contribution in [1.82, 2.24) is 9.38 Å². The van der Waals surface area contributed by atoms with Gasteiger partial charge in [0.1, 0.15) is 11.3 Å². The molecule has 4 heteroatoms. The van der Waals surface area contributed by atoms with Gasteiger partial charge in [-0.2, -0.15) is 0 Å². The van der Waals surface area contributed by atoms with E-state index >= 15 is 0 Å². The van der Waals surface area contributed by atoms with Gasteiger partial charge in [-0.25, -0.2) is 9.78 Å². The van der Waals surface area contributed by atoms with Crippen LogP contribution in [0, 0.1) is 6.92 Å². The maximum absolute atomic E-state index is 11.7. The lowest BCUT2D eigenvalue weighted by Gasteiger charge is -2.06. The molecule has 0 aliphatic rings. The molecule has 3 rings (SSSR count). The summed E-state index contributed by atoms with van der Waals surface area (Å²) >= 11 is 0. The lowest BCUT2D eigenvalue weighted by Crippen LogP contribution is -2.05. The van der Waals surface area contributed by atoms with Crippen molar-refractivity contribution in [1.29, 1.82) is 0 Å². The van der Waals surface area contributed by atoms with Crippen LogP contribution in [0.15, 0.2) is 42.5 Å². The van der Waals surface area contributed by atoms with Crippen molar-refractivity contribution in [2.45, 2.75) is 26.7 Å². The van der Waals surface area contributed by atoms with Crippen LogP contribution in [0.5, 0.6) is 0 Å². The minimum atomic E-state index is -0.968. The Kier molecular flexibility index (Phi) is 3.45. The molecule has 4 nitrogen and oxygen atoms in total. The molecule has 2 heterocycles. The maximum atomic E-state index is 11.7. The third-order valence-corrected chi connectivity index (χ3v) is 3.89. The summed E-state index contributed by atoms with van der Waals surface area (Å²) in [6.45, 7) is 6.14. The Morgan fingerprint density at radius 2 is 1.82 bits per heavy atom. The van der Waals surface area contributed by atoms with E-state index in [0.29, 0.717) is 17.3 Å². The molecule has 22 heavy (non-hydrogen) atoms. The van der Waals surface area contributed by atoms with Crippen LogP contribution in [0.3, 0.4) is 0 Å². The van der Waals surface area contributed by atoms with Crippen LogP contribution in [0.4, 0.5) is 0 Å². The largest absolute Gasteiger partial charge is 0.476 e. The topological polar surface area (TPSA) is 54.6 Å². The van der Waals surface area contributed by atoms with Crippen LogP contribution < -0.4 is 0 Å². The molecule has 1 N–H and O–H groups in total. The number of benzene rings is 1.